The smallest absolute Gasteiger partial charge is 0.191 e. The monoisotopic (exact) mass is 518 g/mol. The van der Waals surface area contributed by atoms with E-state index in [1.54, 1.807) is 7.11 Å². The summed E-state index contributed by atoms with van der Waals surface area (Å²) in [5, 5.41) is 6.97. The maximum Gasteiger partial charge on any atom is 0.191 e. The van der Waals surface area contributed by atoms with Gasteiger partial charge in [0, 0.05) is 39.3 Å². The van der Waals surface area contributed by atoms with Crippen LogP contribution in [0.15, 0.2) is 29.3 Å². The van der Waals surface area contributed by atoms with Gasteiger partial charge < -0.3 is 20.1 Å². The van der Waals surface area contributed by atoms with Gasteiger partial charge in [0.25, 0.3) is 0 Å². The van der Waals surface area contributed by atoms with Crippen molar-refractivity contribution in [2.45, 2.75) is 39.2 Å². The highest BCUT2D eigenvalue weighted by atomic mass is 127. The second-order valence-electron chi connectivity index (χ2n) is 7.76. The van der Waals surface area contributed by atoms with E-state index in [0.717, 1.165) is 63.9 Å². The molecule has 0 amide bonds. The van der Waals surface area contributed by atoms with Crippen molar-refractivity contribution >= 4 is 29.9 Å². The van der Waals surface area contributed by atoms with Gasteiger partial charge >= 0.3 is 0 Å². The van der Waals surface area contributed by atoms with Crippen LogP contribution < -0.4 is 15.4 Å². The van der Waals surface area contributed by atoms with E-state index in [1.807, 2.05) is 19.2 Å². The summed E-state index contributed by atoms with van der Waals surface area (Å²) in [6.45, 7) is 10.1. The summed E-state index contributed by atoms with van der Waals surface area (Å²) in [6.07, 6.45) is 3.28. The molecule has 0 spiro atoms. The molecule has 1 aromatic rings. The van der Waals surface area contributed by atoms with Gasteiger partial charge in [0.05, 0.1) is 20.3 Å². The summed E-state index contributed by atoms with van der Waals surface area (Å²) in [6, 6.07) is 8.81. The van der Waals surface area contributed by atoms with Gasteiger partial charge in [0.15, 0.2) is 5.96 Å². The topological polar surface area (TPSA) is 58.1 Å². The second-order valence-corrected chi connectivity index (χ2v) is 7.76. The van der Waals surface area contributed by atoms with Gasteiger partial charge in [0.2, 0.25) is 0 Å². The Hall–Kier alpha value is -1.06. The van der Waals surface area contributed by atoms with E-state index in [2.05, 4.69) is 46.5 Å². The third-order valence-corrected chi connectivity index (χ3v) is 5.13. The summed E-state index contributed by atoms with van der Waals surface area (Å²) in [4.78, 5) is 6.94. The minimum absolute atomic E-state index is 0. The molecule has 29 heavy (non-hydrogen) atoms. The van der Waals surface area contributed by atoms with Crippen LogP contribution in [-0.4, -0.2) is 70.5 Å². The Morgan fingerprint density at radius 3 is 2.45 bits per heavy atom. The SMILES string of the molecule is CN=C(NCCCc1ccc(OC)cc1)NCC(CC(C)C)N1CCOCC1.I. The van der Waals surface area contributed by atoms with E-state index in [1.165, 1.54) is 12.0 Å². The van der Waals surface area contributed by atoms with Crippen LogP contribution in [0.1, 0.15) is 32.3 Å². The van der Waals surface area contributed by atoms with Crippen molar-refractivity contribution in [1.29, 1.82) is 0 Å². The Kier molecular flexibility index (Phi) is 13.3. The lowest BCUT2D eigenvalue weighted by atomic mass is 10.0. The fourth-order valence-electron chi connectivity index (χ4n) is 3.57. The lowest BCUT2D eigenvalue weighted by Crippen LogP contribution is -2.51. The number of aliphatic imine (C=N–C) groups is 1. The second kappa shape index (κ2) is 14.8. The number of aryl methyl sites for hydroxylation is 1. The number of ether oxygens (including phenoxy) is 2. The summed E-state index contributed by atoms with van der Waals surface area (Å²) < 4.78 is 10.7. The minimum Gasteiger partial charge on any atom is -0.497 e. The number of guanidine groups is 1. The van der Waals surface area contributed by atoms with Crippen LogP contribution in [0, 0.1) is 5.92 Å². The fourth-order valence-corrected chi connectivity index (χ4v) is 3.57. The molecule has 7 heteroatoms. The Morgan fingerprint density at radius 1 is 1.17 bits per heavy atom. The molecule has 6 nitrogen and oxygen atoms in total. The molecule has 2 N–H and O–H groups in total. The molecule has 1 saturated heterocycles. The van der Waals surface area contributed by atoms with Crippen LogP contribution in [0.2, 0.25) is 0 Å². The highest BCUT2D eigenvalue weighted by molar-refractivity contribution is 14.0. The van der Waals surface area contributed by atoms with Crippen LogP contribution in [0.4, 0.5) is 0 Å². The van der Waals surface area contributed by atoms with Crippen molar-refractivity contribution < 1.29 is 9.47 Å². The van der Waals surface area contributed by atoms with Crippen molar-refractivity contribution in [2.24, 2.45) is 10.9 Å². The average Bonchev–Trinajstić information content (AvgIpc) is 2.73. The molecule has 0 bridgehead atoms. The Labute approximate surface area is 193 Å². The van der Waals surface area contributed by atoms with Gasteiger partial charge in [0.1, 0.15) is 5.75 Å². The molecule has 0 saturated carbocycles. The molecule has 1 heterocycles. The number of nitrogens with one attached hydrogen (secondary N) is 2. The molecule has 0 aliphatic carbocycles. The maximum atomic E-state index is 5.51. The lowest BCUT2D eigenvalue weighted by molar-refractivity contribution is 0.0132. The van der Waals surface area contributed by atoms with E-state index in [-0.39, 0.29) is 24.0 Å². The number of nitrogens with zero attached hydrogens (tertiary/aromatic N) is 2. The number of rotatable bonds is 10. The van der Waals surface area contributed by atoms with Crippen molar-refractivity contribution in [3.8, 4) is 5.75 Å². The maximum absolute atomic E-state index is 5.51. The van der Waals surface area contributed by atoms with E-state index in [9.17, 15) is 0 Å². The van der Waals surface area contributed by atoms with Gasteiger partial charge in [-0.2, -0.15) is 0 Å². The number of hydrogen-bond acceptors (Lipinski definition) is 4. The largest absolute Gasteiger partial charge is 0.497 e. The Balaban J connectivity index is 0.00000420. The number of benzene rings is 1. The van der Waals surface area contributed by atoms with Gasteiger partial charge in [-0.1, -0.05) is 26.0 Å². The van der Waals surface area contributed by atoms with E-state index >= 15 is 0 Å². The van der Waals surface area contributed by atoms with E-state index in [4.69, 9.17) is 9.47 Å². The summed E-state index contributed by atoms with van der Waals surface area (Å²) in [5.74, 6) is 2.47. The molecule has 1 aromatic carbocycles. The van der Waals surface area contributed by atoms with E-state index < -0.39 is 0 Å². The first-order valence-corrected chi connectivity index (χ1v) is 10.5. The number of halogens is 1. The zero-order valence-corrected chi connectivity index (χ0v) is 20.8. The van der Waals surface area contributed by atoms with Crippen LogP contribution in [0.25, 0.3) is 0 Å². The number of morpholine rings is 1. The van der Waals surface area contributed by atoms with Gasteiger partial charge in [-0.3, -0.25) is 9.89 Å². The Morgan fingerprint density at radius 2 is 1.86 bits per heavy atom. The number of methoxy groups -OCH3 is 1. The normalized spacial score (nSPS) is 16.2. The molecular weight excluding hydrogens is 479 g/mol. The predicted octanol–water partition coefficient (Wildman–Crippen LogP) is 3.16. The molecule has 1 aliphatic heterocycles. The third kappa shape index (κ3) is 10.00. The molecule has 0 radical (unpaired) electrons. The summed E-state index contributed by atoms with van der Waals surface area (Å²) in [7, 11) is 3.54. The zero-order chi connectivity index (χ0) is 20.2. The van der Waals surface area contributed by atoms with Crippen molar-refractivity contribution in [3.63, 3.8) is 0 Å². The van der Waals surface area contributed by atoms with Gasteiger partial charge in [-0.25, -0.2) is 0 Å². The molecule has 1 fully saturated rings. The Bertz CT molecular complexity index is 575. The standard InChI is InChI=1S/C22H38N4O2.HI/c1-18(2)16-20(26-12-14-28-15-13-26)17-25-22(23-3)24-11-5-6-19-7-9-21(27-4)10-8-19;/h7-10,18,20H,5-6,11-17H2,1-4H3,(H2,23,24,25);1H. The highest BCUT2D eigenvalue weighted by Crippen LogP contribution is 2.13. The summed E-state index contributed by atoms with van der Waals surface area (Å²) in [5.41, 5.74) is 1.33. The van der Waals surface area contributed by atoms with Crippen molar-refractivity contribution in [2.75, 3.05) is 53.6 Å². The molecular formula is C22H39IN4O2. The van der Waals surface area contributed by atoms with Gasteiger partial charge in [-0.05, 0) is 42.9 Å². The molecule has 0 aromatic heterocycles. The molecule has 1 unspecified atom stereocenters. The van der Waals surface area contributed by atoms with Crippen molar-refractivity contribution in [1.82, 2.24) is 15.5 Å². The van der Waals surface area contributed by atoms with E-state index in [0.29, 0.717) is 12.0 Å². The highest BCUT2D eigenvalue weighted by Gasteiger charge is 2.22. The molecule has 1 aliphatic rings. The van der Waals surface area contributed by atoms with Crippen LogP contribution >= 0.6 is 24.0 Å². The van der Waals surface area contributed by atoms with Crippen LogP contribution in [-0.2, 0) is 11.2 Å². The first-order chi connectivity index (χ1) is 13.6. The third-order valence-electron chi connectivity index (χ3n) is 5.13. The average molecular weight is 518 g/mol. The first-order valence-electron chi connectivity index (χ1n) is 10.5. The summed E-state index contributed by atoms with van der Waals surface area (Å²) >= 11 is 0. The fraction of sp³-hybridized carbons (Fsp3) is 0.682. The molecule has 166 valence electrons. The van der Waals surface area contributed by atoms with Crippen LogP contribution in [0.5, 0.6) is 5.75 Å². The quantitative estimate of drug-likeness (QED) is 0.216. The molecule has 2 rings (SSSR count). The number of hydrogen-bond donors (Lipinski definition) is 2. The minimum atomic E-state index is 0. The molecule has 1 atom stereocenters. The van der Waals surface area contributed by atoms with Crippen molar-refractivity contribution in [3.05, 3.63) is 29.8 Å². The lowest BCUT2D eigenvalue weighted by Gasteiger charge is -2.35. The van der Waals surface area contributed by atoms with Gasteiger partial charge in [-0.15, -0.1) is 24.0 Å². The van der Waals surface area contributed by atoms with Crippen LogP contribution in [0.3, 0.4) is 0 Å². The zero-order valence-electron chi connectivity index (χ0n) is 18.4. The predicted molar refractivity (Wildman–Crippen MR) is 132 cm³/mol. The first kappa shape index (κ1) is 26.0.